The van der Waals surface area contributed by atoms with Crippen molar-refractivity contribution in [3.05, 3.63) is 47.1 Å². The number of hydrogen-bond acceptors (Lipinski definition) is 5. The number of methoxy groups -OCH3 is 1. The van der Waals surface area contributed by atoms with Crippen molar-refractivity contribution < 1.29 is 4.74 Å². The number of nitrogens with zero attached hydrogens (tertiary/aromatic N) is 2. The number of ether oxygens (including phenoxy) is 1. The number of nitrogens with one attached hydrogen (secondary N) is 1. The minimum Gasteiger partial charge on any atom is -0.497 e. The number of rotatable bonds is 5. The summed E-state index contributed by atoms with van der Waals surface area (Å²) < 4.78 is 5.18. The molecule has 0 saturated carbocycles. The van der Waals surface area contributed by atoms with Gasteiger partial charge >= 0.3 is 0 Å². The highest BCUT2D eigenvalue weighted by Gasteiger charge is 2.09. The molecule has 0 aliphatic heterocycles. The molecule has 0 atom stereocenters. The average molecular weight is 299 g/mol. The maximum Gasteiger partial charge on any atom is 0.138 e. The van der Waals surface area contributed by atoms with Crippen LogP contribution in [0.2, 0.25) is 0 Å². The van der Waals surface area contributed by atoms with Gasteiger partial charge in [-0.25, -0.2) is 9.97 Å². The fourth-order valence-corrected chi connectivity index (χ4v) is 2.99. The largest absolute Gasteiger partial charge is 0.497 e. The summed E-state index contributed by atoms with van der Waals surface area (Å²) in [7, 11) is 1.67. The van der Waals surface area contributed by atoms with Gasteiger partial charge in [-0.15, -0.1) is 11.3 Å². The number of anilines is 1. The van der Waals surface area contributed by atoms with E-state index < -0.39 is 0 Å². The van der Waals surface area contributed by atoms with Crippen molar-refractivity contribution in [2.45, 2.75) is 13.3 Å². The molecule has 1 aromatic carbocycles. The quantitative estimate of drug-likeness (QED) is 0.780. The molecular weight excluding hydrogens is 282 g/mol. The van der Waals surface area contributed by atoms with Crippen LogP contribution in [0.5, 0.6) is 5.75 Å². The first kappa shape index (κ1) is 13.8. The van der Waals surface area contributed by atoms with Crippen molar-refractivity contribution in [3.8, 4) is 5.75 Å². The maximum atomic E-state index is 5.18. The fraction of sp³-hybridized carbons (Fsp3) is 0.250. The molecule has 1 N–H and O–H groups in total. The lowest BCUT2D eigenvalue weighted by Crippen LogP contribution is -2.04. The van der Waals surface area contributed by atoms with Crippen molar-refractivity contribution in [3.63, 3.8) is 0 Å². The SMILES string of the molecule is CCNc1nc(Cc2ccc(OC)cc2)nc2sccc12. The summed E-state index contributed by atoms with van der Waals surface area (Å²) in [6.45, 7) is 2.92. The molecule has 4 nitrogen and oxygen atoms in total. The van der Waals surface area contributed by atoms with Crippen LogP contribution in [0.4, 0.5) is 5.82 Å². The summed E-state index contributed by atoms with van der Waals surface area (Å²) in [5.74, 6) is 2.63. The predicted octanol–water partition coefficient (Wildman–Crippen LogP) is 3.72. The molecule has 3 aromatic rings. The van der Waals surface area contributed by atoms with E-state index in [1.165, 1.54) is 5.56 Å². The van der Waals surface area contributed by atoms with Crippen LogP contribution in [0.15, 0.2) is 35.7 Å². The molecule has 0 saturated heterocycles. The molecule has 21 heavy (non-hydrogen) atoms. The maximum absolute atomic E-state index is 5.18. The lowest BCUT2D eigenvalue weighted by molar-refractivity contribution is 0.414. The van der Waals surface area contributed by atoms with Crippen LogP contribution in [-0.4, -0.2) is 23.6 Å². The van der Waals surface area contributed by atoms with E-state index in [9.17, 15) is 0 Å². The van der Waals surface area contributed by atoms with E-state index in [4.69, 9.17) is 4.74 Å². The van der Waals surface area contributed by atoms with E-state index in [0.717, 1.165) is 40.6 Å². The average Bonchev–Trinajstić information content (AvgIpc) is 2.97. The van der Waals surface area contributed by atoms with Crippen LogP contribution < -0.4 is 10.1 Å². The Bertz CT molecular complexity index is 737. The van der Waals surface area contributed by atoms with Crippen molar-refractivity contribution in [1.29, 1.82) is 0 Å². The Morgan fingerprint density at radius 3 is 2.67 bits per heavy atom. The molecule has 3 rings (SSSR count). The van der Waals surface area contributed by atoms with Crippen LogP contribution in [0, 0.1) is 0 Å². The Labute approximate surface area is 127 Å². The molecule has 108 valence electrons. The topological polar surface area (TPSA) is 47.0 Å². The van der Waals surface area contributed by atoms with Gasteiger partial charge in [0.25, 0.3) is 0 Å². The standard InChI is InChI=1S/C16H17N3OS/c1-3-17-15-13-8-9-21-16(13)19-14(18-15)10-11-4-6-12(20-2)7-5-11/h4-9H,3,10H2,1-2H3,(H,17,18,19). The van der Waals surface area contributed by atoms with Crippen molar-refractivity contribution in [2.24, 2.45) is 0 Å². The third-order valence-electron chi connectivity index (χ3n) is 3.24. The van der Waals surface area contributed by atoms with Crippen molar-refractivity contribution >= 4 is 27.4 Å². The highest BCUT2D eigenvalue weighted by molar-refractivity contribution is 7.16. The molecule has 5 heteroatoms. The predicted molar refractivity (Wildman–Crippen MR) is 87.4 cm³/mol. The summed E-state index contributed by atoms with van der Waals surface area (Å²) in [5.41, 5.74) is 1.18. The number of hydrogen-bond donors (Lipinski definition) is 1. The smallest absolute Gasteiger partial charge is 0.138 e. The zero-order chi connectivity index (χ0) is 14.7. The van der Waals surface area contributed by atoms with Crippen LogP contribution in [0.1, 0.15) is 18.3 Å². The van der Waals surface area contributed by atoms with Gasteiger partial charge in [-0.2, -0.15) is 0 Å². The van der Waals surface area contributed by atoms with E-state index in [-0.39, 0.29) is 0 Å². The zero-order valence-electron chi connectivity index (χ0n) is 12.1. The summed E-state index contributed by atoms with van der Waals surface area (Å²) in [4.78, 5) is 10.3. The Balaban J connectivity index is 1.91. The first-order valence-corrected chi connectivity index (χ1v) is 7.79. The van der Waals surface area contributed by atoms with Gasteiger partial charge in [0.15, 0.2) is 0 Å². The van der Waals surface area contributed by atoms with E-state index in [2.05, 4.69) is 33.7 Å². The minimum atomic E-state index is 0.718. The van der Waals surface area contributed by atoms with Crippen LogP contribution >= 0.6 is 11.3 Å². The highest BCUT2D eigenvalue weighted by Crippen LogP contribution is 2.25. The molecule has 0 spiro atoms. The van der Waals surface area contributed by atoms with Gasteiger partial charge in [0, 0.05) is 13.0 Å². The second-order valence-corrected chi connectivity index (χ2v) is 5.58. The second kappa shape index (κ2) is 6.10. The van der Waals surface area contributed by atoms with Gasteiger partial charge in [-0.05, 0) is 36.1 Å². The lowest BCUT2D eigenvalue weighted by atomic mass is 10.1. The van der Waals surface area contributed by atoms with Gasteiger partial charge in [-0.1, -0.05) is 12.1 Å². The first-order valence-electron chi connectivity index (χ1n) is 6.91. The highest BCUT2D eigenvalue weighted by atomic mass is 32.1. The van der Waals surface area contributed by atoms with Gasteiger partial charge in [0.1, 0.15) is 22.2 Å². The summed E-state index contributed by atoms with van der Waals surface area (Å²) in [5, 5.41) is 6.47. The summed E-state index contributed by atoms with van der Waals surface area (Å²) >= 11 is 1.65. The van der Waals surface area contributed by atoms with Crippen LogP contribution in [-0.2, 0) is 6.42 Å². The number of thiophene rings is 1. The molecule has 0 unspecified atom stereocenters. The van der Waals surface area contributed by atoms with E-state index in [1.807, 2.05) is 24.3 Å². The van der Waals surface area contributed by atoms with E-state index >= 15 is 0 Å². The molecular formula is C16H17N3OS. The first-order chi connectivity index (χ1) is 10.3. The van der Waals surface area contributed by atoms with Gasteiger partial charge in [0.2, 0.25) is 0 Å². The number of aromatic nitrogens is 2. The molecule has 0 aliphatic carbocycles. The molecule has 0 radical (unpaired) electrons. The molecule has 0 bridgehead atoms. The Morgan fingerprint density at radius 1 is 1.14 bits per heavy atom. The Kier molecular flexibility index (Phi) is 4.01. The Morgan fingerprint density at radius 2 is 1.95 bits per heavy atom. The molecule has 2 heterocycles. The Hall–Kier alpha value is -2.14. The summed E-state index contributed by atoms with van der Waals surface area (Å²) in [6.07, 6.45) is 0.718. The van der Waals surface area contributed by atoms with Gasteiger partial charge in [0.05, 0.1) is 12.5 Å². The van der Waals surface area contributed by atoms with Crippen LogP contribution in [0.25, 0.3) is 10.2 Å². The molecule has 2 aromatic heterocycles. The second-order valence-electron chi connectivity index (χ2n) is 4.68. The van der Waals surface area contributed by atoms with Crippen molar-refractivity contribution in [2.75, 3.05) is 19.0 Å². The van der Waals surface area contributed by atoms with Gasteiger partial charge < -0.3 is 10.1 Å². The lowest BCUT2D eigenvalue weighted by Gasteiger charge is -2.07. The summed E-state index contributed by atoms with van der Waals surface area (Å²) in [6, 6.07) is 10.1. The van der Waals surface area contributed by atoms with Crippen LogP contribution in [0.3, 0.4) is 0 Å². The van der Waals surface area contributed by atoms with E-state index in [0.29, 0.717) is 0 Å². The monoisotopic (exact) mass is 299 g/mol. The van der Waals surface area contributed by atoms with Crippen molar-refractivity contribution in [1.82, 2.24) is 9.97 Å². The third kappa shape index (κ3) is 2.97. The zero-order valence-corrected chi connectivity index (χ0v) is 12.9. The number of fused-ring (bicyclic) bond motifs is 1. The molecule has 0 aliphatic rings. The third-order valence-corrected chi connectivity index (χ3v) is 4.04. The van der Waals surface area contributed by atoms with Gasteiger partial charge in [-0.3, -0.25) is 0 Å². The fourth-order valence-electron chi connectivity index (χ4n) is 2.21. The molecule has 0 amide bonds. The normalized spacial score (nSPS) is 10.8. The minimum absolute atomic E-state index is 0.718. The number of benzene rings is 1. The van der Waals surface area contributed by atoms with E-state index in [1.54, 1.807) is 18.4 Å². The molecule has 0 fully saturated rings.